The number of hydrogen-bond acceptors (Lipinski definition) is 8. The number of nitrogens with zero attached hydrogens (tertiary/aromatic N) is 3. The highest BCUT2D eigenvalue weighted by Gasteiger charge is 2.19. The summed E-state index contributed by atoms with van der Waals surface area (Å²) in [7, 11) is 0. The highest BCUT2D eigenvalue weighted by Crippen LogP contribution is 2.37. The predicted octanol–water partition coefficient (Wildman–Crippen LogP) is 3.02. The van der Waals surface area contributed by atoms with Gasteiger partial charge in [0, 0.05) is 6.07 Å². The standard InChI is InChI=1S/C10H7N3O4S3/c1-18-9-11-12-10(20-9)19-7-3-2-5(8(14)15)4-6(7)13(16)17/h2-4H,1H3,(H,14,15). The van der Waals surface area contributed by atoms with Crippen molar-refractivity contribution in [1.29, 1.82) is 0 Å². The normalized spacial score (nSPS) is 10.4. The molecule has 7 nitrogen and oxygen atoms in total. The first-order valence-corrected chi connectivity index (χ1v) is 7.94. The minimum absolute atomic E-state index is 0.122. The van der Waals surface area contributed by atoms with Gasteiger partial charge in [-0.05, 0) is 18.4 Å². The average Bonchev–Trinajstić information content (AvgIpc) is 2.86. The van der Waals surface area contributed by atoms with E-state index in [-0.39, 0.29) is 11.3 Å². The number of rotatable bonds is 5. The Hall–Kier alpha value is -1.65. The van der Waals surface area contributed by atoms with Crippen LogP contribution in [0.1, 0.15) is 10.4 Å². The van der Waals surface area contributed by atoms with Crippen molar-refractivity contribution < 1.29 is 14.8 Å². The lowest BCUT2D eigenvalue weighted by Gasteiger charge is -2.01. The smallest absolute Gasteiger partial charge is 0.335 e. The maximum Gasteiger partial charge on any atom is 0.335 e. The first-order chi connectivity index (χ1) is 9.51. The van der Waals surface area contributed by atoms with Crippen molar-refractivity contribution in [2.24, 2.45) is 0 Å². The molecule has 0 aliphatic heterocycles. The van der Waals surface area contributed by atoms with Crippen LogP contribution < -0.4 is 0 Å². The van der Waals surface area contributed by atoms with E-state index in [4.69, 9.17) is 5.11 Å². The second kappa shape index (κ2) is 6.20. The molecule has 104 valence electrons. The SMILES string of the molecule is CSc1nnc(Sc2ccc(C(=O)O)cc2[N+](=O)[O-])s1. The fourth-order valence-electron chi connectivity index (χ4n) is 1.29. The van der Waals surface area contributed by atoms with Crippen molar-refractivity contribution in [2.45, 2.75) is 13.6 Å². The summed E-state index contributed by atoms with van der Waals surface area (Å²) in [4.78, 5) is 21.6. The van der Waals surface area contributed by atoms with Gasteiger partial charge < -0.3 is 5.11 Å². The number of hydrogen-bond donors (Lipinski definition) is 1. The number of thioether (sulfide) groups is 1. The lowest BCUT2D eigenvalue weighted by atomic mass is 10.2. The molecule has 1 heterocycles. The zero-order valence-corrected chi connectivity index (χ0v) is 12.4. The summed E-state index contributed by atoms with van der Waals surface area (Å²) in [6, 6.07) is 3.78. The minimum Gasteiger partial charge on any atom is -0.478 e. The number of aromatic carboxylic acids is 1. The fourth-order valence-corrected chi connectivity index (χ4v) is 3.77. The quantitative estimate of drug-likeness (QED) is 0.507. The van der Waals surface area contributed by atoms with E-state index < -0.39 is 10.9 Å². The lowest BCUT2D eigenvalue weighted by molar-refractivity contribution is -0.387. The summed E-state index contributed by atoms with van der Waals surface area (Å²) in [6.45, 7) is 0. The summed E-state index contributed by atoms with van der Waals surface area (Å²) in [5.74, 6) is -1.20. The van der Waals surface area contributed by atoms with Gasteiger partial charge in [0.05, 0.1) is 15.4 Å². The second-order valence-corrected chi connectivity index (χ2v) is 6.70. The largest absolute Gasteiger partial charge is 0.478 e. The molecule has 2 rings (SSSR count). The predicted molar refractivity (Wildman–Crippen MR) is 75.9 cm³/mol. The number of nitro benzene ring substituents is 1. The molecule has 0 saturated heterocycles. The lowest BCUT2D eigenvalue weighted by Crippen LogP contribution is -1.99. The van der Waals surface area contributed by atoms with Gasteiger partial charge in [0.15, 0.2) is 8.68 Å². The molecule has 10 heteroatoms. The van der Waals surface area contributed by atoms with Gasteiger partial charge in [-0.15, -0.1) is 10.2 Å². The van der Waals surface area contributed by atoms with Crippen LogP contribution in [-0.4, -0.2) is 32.5 Å². The molecule has 1 aromatic heterocycles. The molecule has 2 aromatic rings. The molecule has 0 atom stereocenters. The summed E-state index contributed by atoms with van der Waals surface area (Å²) < 4.78 is 1.33. The van der Waals surface area contributed by atoms with E-state index in [0.29, 0.717) is 9.24 Å². The maximum absolute atomic E-state index is 11.0. The van der Waals surface area contributed by atoms with Crippen molar-refractivity contribution in [3.8, 4) is 0 Å². The third kappa shape index (κ3) is 3.26. The molecule has 0 fully saturated rings. The number of aromatic nitrogens is 2. The summed E-state index contributed by atoms with van der Waals surface area (Å²) in [5, 5.41) is 27.7. The van der Waals surface area contributed by atoms with E-state index in [9.17, 15) is 14.9 Å². The van der Waals surface area contributed by atoms with Gasteiger partial charge in [-0.25, -0.2) is 4.79 Å². The van der Waals surface area contributed by atoms with E-state index >= 15 is 0 Å². The molecular weight excluding hydrogens is 322 g/mol. The molecule has 0 bridgehead atoms. The van der Waals surface area contributed by atoms with Gasteiger partial charge in [0.2, 0.25) is 0 Å². The van der Waals surface area contributed by atoms with Crippen LogP contribution in [0.25, 0.3) is 0 Å². The summed E-state index contributed by atoms with van der Waals surface area (Å²) in [6.07, 6.45) is 1.86. The Balaban J connectivity index is 2.35. The Bertz CT molecular complexity index is 674. The number of nitro groups is 1. The van der Waals surface area contributed by atoms with E-state index in [2.05, 4.69) is 10.2 Å². The topological polar surface area (TPSA) is 106 Å². The zero-order chi connectivity index (χ0) is 14.7. The van der Waals surface area contributed by atoms with Crippen LogP contribution in [0.3, 0.4) is 0 Å². The molecule has 20 heavy (non-hydrogen) atoms. The minimum atomic E-state index is -1.20. The first kappa shape index (κ1) is 14.8. The van der Waals surface area contributed by atoms with E-state index in [1.807, 2.05) is 6.26 Å². The highest BCUT2D eigenvalue weighted by atomic mass is 32.2. The Labute approximate surface area is 125 Å². The van der Waals surface area contributed by atoms with Crippen molar-refractivity contribution >= 4 is 46.5 Å². The third-order valence-electron chi connectivity index (χ3n) is 2.16. The maximum atomic E-state index is 11.0. The second-order valence-electron chi connectivity index (χ2n) is 3.38. The van der Waals surface area contributed by atoms with Crippen LogP contribution in [0.5, 0.6) is 0 Å². The Morgan fingerprint density at radius 1 is 1.40 bits per heavy atom. The molecule has 0 saturated carbocycles. The Morgan fingerprint density at radius 2 is 2.10 bits per heavy atom. The Kier molecular flexibility index (Phi) is 4.57. The van der Waals surface area contributed by atoms with Crippen LogP contribution in [0.2, 0.25) is 0 Å². The summed E-state index contributed by atoms with van der Waals surface area (Å²) in [5.41, 5.74) is -0.376. The molecule has 0 amide bonds. The first-order valence-electron chi connectivity index (χ1n) is 5.08. The molecule has 1 aromatic carbocycles. The monoisotopic (exact) mass is 329 g/mol. The average molecular weight is 329 g/mol. The van der Waals surface area contributed by atoms with Crippen LogP contribution in [0, 0.1) is 10.1 Å². The molecule has 0 spiro atoms. The molecule has 0 unspecified atom stereocenters. The number of carboxylic acid groups (broad SMARTS) is 1. The van der Waals surface area contributed by atoms with Crippen molar-refractivity contribution in [2.75, 3.05) is 6.26 Å². The van der Waals surface area contributed by atoms with Gasteiger partial charge in [-0.3, -0.25) is 10.1 Å². The van der Waals surface area contributed by atoms with E-state index in [0.717, 1.165) is 22.2 Å². The van der Waals surface area contributed by atoms with Crippen LogP contribution in [0.15, 0.2) is 31.8 Å². The molecule has 0 aliphatic carbocycles. The summed E-state index contributed by atoms with van der Waals surface area (Å²) >= 11 is 3.86. The molecule has 1 N–H and O–H groups in total. The Morgan fingerprint density at radius 3 is 2.65 bits per heavy atom. The molecule has 0 aliphatic rings. The van der Waals surface area contributed by atoms with Crippen LogP contribution in [-0.2, 0) is 0 Å². The van der Waals surface area contributed by atoms with Crippen molar-refractivity contribution in [1.82, 2.24) is 10.2 Å². The third-order valence-corrected chi connectivity index (χ3v) is 5.18. The van der Waals surface area contributed by atoms with Gasteiger partial charge in [-0.1, -0.05) is 34.9 Å². The zero-order valence-electron chi connectivity index (χ0n) is 9.97. The fraction of sp³-hybridized carbons (Fsp3) is 0.100. The van der Waals surface area contributed by atoms with Gasteiger partial charge in [-0.2, -0.15) is 0 Å². The molecule has 0 radical (unpaired) electrons. The molecular formula is C10H7N3O4S3. The van der Waals surface area contributed by atoms with Crippen LogP contribution >= 0.6 is 34.9 Å². The van der Waals surface area contributed by atoms with E-state index in [1.165, 1.54) is 35.2 Å². The van der Waals surface area contributed by atoms with E-state index in [1.54, 1.807) is 0 Å². The number of benzene rings is 1. The van der Waals surface area contributed by atoms with Crippen LogP contribution in [0.4, 0.5) is 5.69 Å². The number of carboxylic acids is 1. The van der Waals surface area contributed by atoms with Gasteiger partial charge in [0.1, 0.15) is 0 Å². The number of carbonyl (C=O) groups is 1. The van der Waals surface area contributed by atoms with Gasteiger partial charge >= 0.3 is 5.97 Å². The highest BCUT2D eigenvalue weighted by molar-refractivity contribution is 8.03. The van der Waals surface area contributed by atoms with Gasteiger partial charge in [0.25, 0.3) is 5.69 Å². The van der Waals surface area contributed by atoms with Crippen molar-refractivity contribution in [3.63, 3.8) is 0 Å². The van der Waals surface area contributed by atoms with Crippen molar-refractivity contribution in [3.05, 3.63) is 33.9 Å².